The summed E-state index contributed by atoms with van der Waals surface area (Å²) in [4.78, 5) is 29.4. The van der Waals surface area contributed by atoms with Crippen molar-refractivity contribution in [3.05, 3.63) is 48.0 Å². The molecule has 7 heteroatoms. The van der Waals surface area contributed by atoms with Gasteiger partial charge in [0.25, 0.3) is 0 Å². The van der Waals surface area contributed by atoms with Crippen LogP contribution in [-0.4, -0.2) is 49.7 Å². The van der Waals surface area contributed by atoms with Crippen molar-refractivity contribution in [2.75, 3.05) is 13.1 Å². The fourth-order valence-corrected chi connectivity index (χ4v) is 3.18. The number of rotatable bonds is 5. The Labute approximate surface area is 139 Å². The SMILES string of the molecule is O=C(O)Cn1nccc1[C@@H]1CCCN(C(=O)Cc2cccnc2)C1. The number of pyridine rings is 1. The maximum absolute atomic E-state index is 12.5. The predicted octanol–water partition coefficient (Wildman–Crippen LogP) is 1.31. The van der Waals surface area contributed by atoms with E-state index < -0.39 is 5.97 Å². The molecule has 0 aromatic carbocycles. The summed E-state index contributed by atoms with van der Waals surface area (Å²) < 4.78 is 1.52. The smallest absolute Gasteiger partial charge is 0.325 e. The molecule has 1 amide bonds. The van der Waals surface area contributed by atoms with Crippen molar-refractivity contribution in [1.29, 1.82) is 0 Å². The van der Waals surface area contributed by atoms with Gasteiger partial charge in [0, 0.05) is 43.3 Å². The first-order valence-corrected chi connectivity index (χ1v) is 8.03. The van der Waals surface area contributed by atoms with Gasteiger partial charge in [0.1, 0.15) is 6.54 Å². The van der Waals surface area contributed by atoms with Gasteiger partial charge >= 0.3 is 5.97 Å². The Bertz CT molecular complexity index is 714. The maximum Gasteiger partial charge on any atom is 0.325 e. The minimum absolute atomic E-state index is 0.0806. The van der Waals surface area contributed by atoms with Gasteiger partial charge < -0.3 is 10.0 Å². The molecule has 1 aliphatic rings. The Hall–Kier alpha value is -2.70. The van der Waals surface area contributed by atoms with Crippen molar-refractivity contribution in [2.24, 2.45) is 0 Å². The molecule has 1 aliphatic heterocycles. The summed E-state index contributed by atoms with van der Waals surface area (Å²) in [6.07, 6.45) is 7.20. The molecule has 1 N–H and O–H groups in total. The standard InChI is InChI=1S/C17H20N4O3/c22-16(9-13-3-1-6-18-10-13)20-8-2-4-14(11-20)15-5-7-19-21(15)12-17(23)24/h1,3,5-7,10,14H,2,4,8-9,11-12H2,(H,23,24)/t14-/m1/s1. The van der Waals surface area contributed by atoms with Crippen LogP contribution in [0.5, 0.6) is 0 Å². The third kappa shape index (κ3) is 3.79. The summed E-state index contributed by atoms with van der Waals surface area (Å²) >= 11 is 0. The Kier molecular flexibility index (Phi) is 4.88. The first kappa shape index (κ1) is 16.2. The molecule has 3 rings (SSSR count). The highest BCUT2D eigenvalue weighted by Gasteiger charge is 2.27. The van der Waals surface area contributed by atoms with Crippen LogP contribution in [0.1, 0.15) is 30.0 Å². The fraction of sp³-hybridized carbons (Fsp3) is 0.412. The normalized spacial score (nSPS) is 17.7. The fourth-order valence-electron chi connectivity index (χ4n) is 3.18. The van der Waals surface area contributed by atoms with Crippen LogP contribution in [0.4, 0.5) is 0 Å². The van der Waals surface area contributed by atoms with E-state index in [2.05, 4.69) is 10.1 Å². The minimum atomic E-state index is -0.916. The molecule has 7 nitrogen and oxygen atoms in total. The monoisotopic (exact) mass is 328 g/mol. The second-order valence-corrected chi connectivity index (χ2v) is 6.02. The number of aliphatic carboxylic acids is 1. The molecule has 3 heterocycles. The van der Waals surface area contributed by atoms with Gasteiger partial charge in [-0.25, -0.2) is 0 Å². The molecule has 0 saturated carbocycles. The third-order valence-electron chi connectivity index (χ3n) is 4.30. The first-order valence-electron chi connectivity index (χ1n) is 8.03. The lowest BCUT2D eigenvalue weighted by molar-refractivity contribution is -0.138. The Balaban J connectivity index is 1.67. The van der Waals surface area contributed by atoms with Gasteiger partial charge in [-0.2, -0.15) is 5.10 Å². The quantitative estimate of drug-likeness (QED) is 0.894. The number of carboxylic acid groups (broad SMARTS) is 1. The van der Waals surface area contributed by atoms with E-state index >= 15 is 0 Å². The number of hydrogen-bond acceptors (Lipinski definition) is 4. The van der Waals surface area contributed by atoms with Gasteiger partial charge in [-0.1, -0.05) is 6.07 Å². The molecule has 0 unspecified atom stereocenters. The van der Waals surface area contributed by atoms with Crippen molar-refractivity contribution in [1.82, 2.24) is 19.7 Å². The highest BCUT2D eigenvalue weighted by Crippen LogP contribution is 2.27. The van der Waals surface area contributed by atoms with E-state index in [0.29, 0.717) is 13.0 Å². The average molecular weight is 328 g/mol. The third-order valence-corrected chi connectivity index (χ3v) is 4.30. The van der Waals surface area contributed by atoms with E-state index in [9.17, 15) is 9.59 Å². The average Bonchev–Trinajstić information content (AvgIpc) is 3.03. The van der Waals surface area contributed by atoms with Gasteiger partial charge in [0.05, 0.1) is 6.42 Å². The lowest BCUT2D eigenvalue weighted by Crippen LogP contribution is -2.40. The number of piperidine rings is 1. The number of aromatic nitrogens is 3. The zero-order valence-corrected chi connectivity index (χ0v) is 13.3. The molecule has 1 fully saturated rings. The van der Waals surface area contributed by atoms with Crippen LogP contribution in [0.15, 0.2) is 36.8 Å². The topological polar surface area (TPSA) is 88.3 Å². The predicted molar refractivity (Wildman–Crippen MR) is 86.4 cm³/mol. The van der Waals surface area contributed by atoms with Crippen LogP contribution >= 0.6 is 0 Å². The Morgan fingerprint density at radius 3 is 2.92 bits per heavy atom. The van der Waals surface area contributed by atoms with Crippen molar-refractivity contribution in [3.8, 4) is 0 Å². The number of amides is 1. The van der Waals surface area contributed by atoms with Crippen LogP contribution in [0.2, 0.25) is 0 Å². The second kappa shape index (κ2) is 7.25. The molecule has 0 radical (unpaired) electrons. The first-order chi connectivity index (χ1) is 11.6. The molecule has 2 aromatic heterocycles. The van der Waals surface area contributed by atoms with Crippen LogP contribution < -0.4 is 0 Å². The van der Waals surface area contributed by atoms with E-state index in [1.807, 2.05) is 23.1 Å². The van der Waals surface area contributed by atoms with E-state index in [0.717, 1.165) is 30.6 Å². The van der Waals surface area contributed by atoms with Crippen molar-refractivity contribution < 1.29 is 14.7 Å². The van der Waals surface area contributed by atoms with Gasteiger partial charge in [-0.3, -0.25) is 19.3 Å². The summed E-state index contributed by atoms with van der Waals surface area (Å²) in [5.41, 5.74) is 1.79. The highest BCUT2D eigenvalue weighted by molar-refractivity contribution is 5.78. The molecule has 2 aromatic rings. The molecular formula is C17H20N4O3. The summed E-state index contributed by atoms with van der Waals surface area (Å²) in [6, 6.07) is 5.57. The van der Waals surface area contributed by atoms with Gasteiger partial charge in [0.15, 0.2) is 0 Å². The number of nitrogens with zero attached hydrogens (tertiary/aromatic N) is 4. The lowest BCUT2D eigenvalue weighted by Gasteiger charge is -2.33. The number of carbonyl (C=O) groups is 2. The number of carboxylic acids is 1. The van der Waals surface area contributed by atoms with E-state index in [1.54, 1.807) is 18.6 Å². The van der Waals surface area contributed by atoms with Crippen LogP contribution in [0.25, 0.3) is 0 Å². The molecule has 1 atom stereocenters. The van der Waals surface area contributed by atoms with Crippen LogP contribution in [0, 0.1) is 0 Å². The Morgan fingerprint density at radius 1 is 1.29 bits per heavy atom. The summed E-state index contributed by atoms with van der Waals surface area (Å²) in [5, 5.41) is 13.1. The number of carbonyl (C=O) groups excluding carboxylic acids is 1. The van der Waals surface area contributed by atoms with Crippen molar-refractivity contribution >= 4 is 11.9 Å². The summed E-state index contributed by atoms with van der Waals surface area (Å²) in [7, 11) is 0. The lowest BCUT2D eigenvalue weighted by atomic mass is 9.94. The zero-order chi connectivity index (χ0) is 16.9. The Morgan fingerprint density at radius 2 is 2.17 bits per heavy atom. The van der Waals surface area contributed by atoms with Crippen molar-refractivity contribution in [2.45, 2.75) is 31.7 Å². The molecule has 24 heavy (non-hydrogen) atoms. The maximum atomic E-state index is 12.5. The summed E-state index contributed by atoms with van der Waals surface area (Å²) in [5.74, 6) is -0.712. The van der Waals surface area contributed by atoms with E-state index in [-0.39, 0.29) is 18.4 Å². The second-order valence-electron chi connectivity index (χ2n) is 6.02. The zero-order valence-electron chi connectivity index (χ0n) is 13.3. The molecule has 0 aliphatic carbocycles. The summed E-state index contributed by atoms with van der Waals surface area (Å²) in [6.45, 7) is 1.19. The molecule has 0 bridgehead atoms. The van der Waals surface area contributed by atoms with Gasteiger partial charge in [-0.15, -0.1) is 0 Å². The van der Waals surface area contributed by atoms with Crippen molar-refractivity contribution in [3.63, 3.8) is 0 Å². The molecule has 0 spiro atoms. The molecule has 126 valence electrons. The largest absolute Gasteiger partial charge is 0.480 e. The van der Waals surface area contributed by atoms with E-state index in [4.69, 9.17) is 5.11 Å². The number of likely N-dealkylation sites (tertiary alicyclic amines) is 1. The molecule has 1 saturated heterocycles. The van der Waals surface area contributed by atoms with Crippen LogP contribution in [-0.2, 0) is 22.6 Å². The van der Waals surface area contributed by atoms with Crippen LogP contribution in [0.3, 0.4) is 0 Å². The number of hydrogen-bond donors (Lipinski definition) is 1. The van der Waals surface area contributed by atoms with E-state index in [1.165, 1.54) is 4.68 Å². The van der Waals surface area contributed by atoms with Gasteiger partial charge in [0.2, 0.25) is 5.91 Å². The molecular weight excluding hydrogens is 308 g/mol. The minimum Gasteiger partial charge on any atom is -0.480 e. The highest BCUT2D eigenvalue weighted by atomic mass is 16.4. The van der Waals surface area contributed by atoms with Gasteiger partial charge in [-0.05, 0) is 30.5 Å².